The molecule has 3 rings (SSSR count). The molecule has 3 aromatic carbocycles. The van der Waals surface area contributed by atoms with Gasteiger partial charge < -0.3 is 10.1 Å². The van der Waals surface area contributed by atoms with Crippen LogP contribution in [-0.4, -0.2) is 5.91 Å². The second kappa shape index (κ2) is 7.68. The van der Waals surface area contributed by atoms with Crippen molar-refractivity contribution < 1.29 is 9.53 Å². The summed E-state index contributed by atoms with van der Waals surface area (Å²) in [6.07, 6.45) is 0. The normalized spacial score (nSPS) is 9.76. The summed E-state index contributed by atoms with van der Waals surface area (Å²) in [5, 5.41) is 6.28. The second-order valence-corrected chi connectivity index (χ2v) is 5.13. The Balaban J connectivity index is 1.67. The van der Waals surface area contributed by atoms with Crippen LogP contribution in [0.5, 0.6) is 11.5 Å². The van der Waals surface area contributed by atoms with Gasteiger partial charge in [0.25, 0.3) is 5.91 Å². The van der Waals surface area contributed by atoms with Gasteiger partial charge in [-0.15, -0.1) is 0 Å². The highest BCUT2D eigenvalue weighted by Gasteiger charge is 2.07. The highest BCUT2D eigenvalue weighted by atomic mass is 16.5. The molecular weight excluding hydrogens is 316 g/mol. The quantitative estimate of drug-likeness (QED) is 0.371. The number of amides is 1. The van der Waals surface area contributed by atoms with Crippen LogP contribution in [0.2, 0.25) is 0 Å². The van der Waals surface area contributed by atoms with Crippen LogP contribution in [0.1, 0.15) is 10.4 Å². The summed E-state index contributed by atoms with van der Waals surface area (Å²) in [7, 11) is 0. The zero-order valence-electron chi connectivity index (χ0n) is 13.2. The molecule has 25 heavy (non-hydrogen) atoms. The molecule has 0 unspecified atom stereocenters. The van der Waals surface area contributed by atoms with Gasteiger partial charge in [0.05, 0.1) is 0 Å². The lowest BCUT2D eigenvalue weighted by atomic mass is 10.2. The molecule has 0 aliphatic rings. The number of hydrogen-bond acceptors (Lipinski definition) is 3. The molecule has 1 N–H and O–H groups in total. The van der Waals surface area contributed by atoms with Gasteiger partial charge in [-0.3, -0.25) is 4.79 Å². The smallest absolute Gasteiger partial charge is 0.255 e. The van der Waals surface area contributed by atoms with E-state index in [0.29, 0.717) is 22.7 Å². The van der Waals surface area contributed by atoms with Gasteiger partial charge in [-0.25, -0.2) is 0 Å². The van der Waals surface area contributed by atoms with Crippen LogP contribution in [0, 0.1) is 0 Å². The molecule has 6 nitrogen and oxygen atoms in total. The van der Waals surface area contributed by atoms with Crippen LogP contribution in [0.4, 0.5) is 11.4 Å². The average Bonchev–Trinajstić information content (AvgIpc) is 2.65. The number of rotatable bonds is 5. The first-order valence-electron chi connectivity index (χ1n) is 7.54. The lowest BCUT2D eigenvalue weighted by Crippen LogP contribution is -2.11. The molecule has 0 saturated carbocycles. The Hall–Kier alpha value is -3.76. The number of hydrogen-bond donors (Lipinski definition) is 1. The van der Waals surface area contributed by atoms with Crippen LogP contribution in [0.3, 0.4) is 0 Å². The van der Waals surface area contributed by atoms with Crippen molar-refractivity contribution in [3.63, 3.8) is 0 Å². The molecule has 0 heterocycles. The lowest BCUT2D eigenvalue weighted by Gasteiger charge is -2.08. The highest BCUT2D eigenvalue weighted by Crippen LogP contribution is 2.23. The Bertz CT molecular complexity index is 918. The molecule has 122 valence electrons. The van der Waals surface area contributed by atoms with E-state index in [1.165, 1.54) is 6.07 Å². The Labute approximate surface area is 144 Å². The van der Waals surface area contributed by atoms with E-state index in [0.717, 1.165) is 5.75 Å². The first kappa shape index (κ1) is 16.1. The summed E-state index contributed by atoms with van der Waals surface area (Å²) in [5.41, 5.74) is 9.90. The molecular formula is C19H14N4O2. The van der Waals surface area contributed by atoms with Crippen molar-refractivity contribution in [2.75, 3.05) is 5.32 Å². The van der Waals surface area contributed by atoms with E-state index in [1.807, 2.05) is 30.3 Å². The molecule has 3 aromatic rings. The SMILES string of the molecule is [N-]=[N+]=Nc1cccc(C(=O)Nc2ccc(Oc3ccccc3)cc2)c1. The summed E-state index contributed by atoms with van der Waals surface area (Å²) in [5.74, 6) is 1.13. The van der Waals surface area contributed by atoms with Crippen molar-refractivity contribution in [2.24, 2.45) is 5.11 Å². The Morgan fingerprint density at radius 3 is 2.36 bits per heavy atom. The first-order valence-corrected chi connectivity index (χ1v) is 7.54. The van der Waals surface area contributed by atoms with Crippen LogP contribution in [0.15, 0.2) is 84.0 Å². The number of azide groups is 1. The van der Waals surface area contributed by atoms with Crippen LogP contribution in [-0.2, 0) is 0 Å². The predicted octanol–water partition coefficient (Wildman–Crippen LogP) is 5.67. The van der Waals surface area contributed by atoms with Crippen LogP contribution < -0.4 is 10.1 Å². The molecule has 0 atom stereocenters. The van der Waals surface area contributed by atoms with Gasteiger partial charge >= 0.3 is 0 Å². The van der Waals surface area contributed by atoms with Crippen molar-refractivity contribution in [1.82, 2.24) is 0 Å². The Morgan fingerprint density at radius 2 is 1.64 bits per heavy atom. The summed E-state index contributed by atoms with van der Waals surface area (Å²) in [6, 6.07) is 23.0. The maximum Gasteiger partial charge on any atom is 0.255 e. The maximum atomic E-state index is 12.3. The van der Waals surface area contributed by atoms with Crippen molar-refractivity contribution >= 4 is 17.3 Å². The van der Waals surface area contributed by atoms with Gasteiger partial charge in [0.15, 0.2) is 0 Å². The minimum Gasteiger partial charge on any atom is -0.457 e. The summed E-state index contributed by atoms with van der Waals surface area (Å²) >= 11 is 0. The number of benzene rings is 3. The third-order valence-corrected chi connectivity index (χ3v) is 3.36. The Morgan fingerprint density at radius 1 is 0.920 bits per heavy atom. The van der Waals surface area contributed by atoms with Gasteiger partial charge in [0, 0.05) is 21.8 Å². The molecule has 0 bridgehead atoms. The largest absolute Gasteiger partial charge is 0.457 e. The van der Waals surface area contributed by atoms with Crippen molar-refractivity contribution in [3.05, 3.63) is 94.9 Å². The molecule has 0 aromatic heterocycles. The fourth-order valence-electron chi connectivity index (χ4n) is 2.20. The van der Waals surface area contributed by atoms with E-state index in [-0.39, 0.29) is 5.91 Å². The maximum absolute atomic E-state index is 12.3. The van der Waals surface area contributed by atoms with Gasteiger partial charge in [0.1, 0.15) is 11.5 Å². The molecule has 0 fully saturated rings. The molecule has 0 radical (unpaired) electrons. The van der Waals surface area contributed by atoms with Crippen LogP contribution in [0.25, 0.3) is 10.4 Å². The second-order valence-electron chi connectivity index (χ2n) is 5.13. The van der Waals surface area contributed by atoms with Gasteiger partial charge in [-0.1, -0.05) is 35.4 Å². The molecule has 0 aliphatic heterocycles. The van der Waals surface area contributed by atoms with Crippen molar-refractivity contribution in [2.45, 2.75) is 0 Å². The van der Waals surface area contributed by atoms with Crippen molar-refractivity contribution in [3.8, 4) is 11.5 Å². The zero-order chi connectivity index (χ0) is 17.5. The average molecular weight is 330 g/mol. The van der Waals surface area contributed by atoms with Gasteiger partial charge in [-0.05, 0) is 54.1 Å². The number of carbonyl (C=O) groups is 1. The number of anilines is 1. The van der Waals surface area contributed by atoms with Crippen molar-refractivity contribution in [1.29, 1.82) is 0 Å². The monoisotopic (exact) mass is 330 g/mol. The fraction of sp³-hybridized carbons (Fsp3) is 0. The van der Waals surface area contributed by atoms with E-state index < -0.39 is 0 Å². The molecule has 0 aliphatic carbocycles. The number of para-hydroxylation sites is 1. The lowest BCUT2D eigenvalue weighted by molar-refractivity contribution is 0.102. The first-order chi connectivity index (χ1) is 12.2. The van der Waals surface area contributed by atoms with Crippen LogP contribution >= 0.6 is 0 Å². The number of carbonyl (C=O) groups excluding carboxylic acids is 1. The number of ether oxygens (including phenoxy) is 1. The molecule has 0 spiro atoms. The molecule has 0 saturated heterocycles. The summed E-state index contributed by atoms with van der Waals surface area (Å²) in [6.45, 7) is 0. The Kier molecular flexibility index (Phi) is 4.95. The van der Waals surface area contributed by atoms with E-state index in [2.05, 4.69) is 15.3 Å². The van der Waals surface area contributed by atoms with Gasteiger partial charge in [-0.2, -0.15) is 0 Å². The summed E-state index contributed by atoms with van der Waals surface area (Å²) < 4.78 is 5.71. The minimum absolute atomic E-state index is 0.285. The fourth-order valence-corrected chi connectivity index (χ4v) is 2.20. The topological polar surface area (TPSA) is 87.1 Å². The summed E-state index contributed by atoms with van der Waals surface area (Å²) in [4.78, 5) is 15.0. The molecule has 1 amide bonds. The zero-order valence-corrected chi connectivity index (χ0v) is 13.2. The number of nitrogens with one attached hydrogen (secondary N) is 1. The molecule has 6 heteroatoms. The third kappa shape index (κ3) is 4.37. The highest BCUT2D eigenvalue weighted by molar-refractivity contribution is 6.04. The van der Waals surface area contributed by atoms with E-state index in [1.54, 1.807) is 42.5 Å². The third-order valence-electron chi connectivity index (χ3n) is 3.36. The standard InChI is InChI=1S/C19H14N4O2/c20-23-22-16-6-4-5-14(13-16)19(24)21-15-9-11-18(12-10-15)25-17-7-2-1-3-8-17/h1-13H,(H,21,24). The van der Waals surface area contributed by atoms with E-state index in [9.17, 15) is 4.79 Å². The number of nitrogens with zero attached hydrogens (tertiary/aromatic N) is 3. The van der Waals surface area contributed by atoms with E-state index >= 15 is 0 Å². The predicted molar refractivity (Wildman–Crippen MR) is 96.2 cm³/mol. The van der Waals surface area contributed by atoms with E-state index in [4.69, 9.17) is 10.3 Å². The minimum atomic E-state index is -0.285. The van der Waals surface area contributed by atoms with Gasteiger partial charge in [0.2, 0.25) is 0 Å².